The van der Waals surface area contributed by atoms with Gasteiger partial charge in [0.1, 0.15) is 11.4 Å². The Morgan fingerprint density at radius 1 is 1.12 bits per heavy atom. The second-order valence-corrected chi connectivity index (χ2v) is 7.40. The van der Waals surface area contributed by atoms with Gasteiger partial charge >= 0.3 is 0 Å². The summed E-state index contributed by atoms with van der Waals surface area (Å²) in [5.41, 5.74) is 2.05. The number of methoxy groups -OCH3 is 1. The lowest BCUT2D eigenvalue weighted by Crippen LogP contribution is -2.44. The molecular weight excluding hydrogens is 322 g/mol. The molecule has 0 radical (unpaired) electrons. The van der Waals surface area contributed by atoms with Crippen LogP contribution in [-0.4, -0.2) is 37.8 Å². The van der Waals surface area contributed by atoms with E-state index in [2.05, 4.69) is 37.2 Å². The number of para-hydroxylation sites is 1. The fourth-order valence-corrected chi connectivity index (χ4v) is 4.15. The Labute approximate surface area is 156 Å². The van der Waals surface area contributed by atoms with Gasteiger partial charge in [0.25, 0.3) is 0 Å². The van der Waals surface area contributed by atoms with Crippen molar-refractivity contribution in [1.29, 1.82) is 0 Å². The maximum Gasteiger partial charge on any atom is 0.125 e. The van der Waals surface area contributed by atoms with Gasteiger partial charge in [0.2, 0.25) is 0 Å². The molecule has 3 heteroatoms. The summed E-state index contributed by atoms with van der Waals surface area (Å²) in [7, 11) is 5.81. The van der Waals surface area contributed by atoms with Crippen molar-refractivity contribution in [3.05, 3.63) is 71.3 Å². The van der Waals surface area contributed by atoms with Crippen LogP contribution in [0.15, 0.2) is 60.2 Å². The van der Waals surface area contributed by atoms with Gasteiger partial charge in [0.15, 0.2) is 0 Å². The second-order valence-electron chi connectivity index (χ2n) is 7.40. The molecular formula is C23H29NO2. The third-order valence-corrected chi connectivity index (χ3v) is 5.32. The molecule has 0 amide bonds. The largest absolute Gasteiger partial charge is 0.496 e. The van der Waals surface area contributed by atoms with Crippen molar-refractivity contribution in [2.75, 3.05) is 27.7 Å². The van der Waals surface area contributed by atoms with Crippen LogP contribution < -0.4 is 4.74 Å². The van der Waals surface area contributed by atoms with E-state index in [-0.39, 0.29) is 5.92 Å². The minimum Gasteiger partial charge on any atom is -0.496 e. The van der Waals surface area contributed by atoms with E-state index < -0.39 is 5.60 Å². The van der Waals surface area contributed by atoms with E-state index in [9.17, 15) is 5.11 Å². The highest BCUT2D eigenvalue weighted by Gasteiger charge is 2.45. The van der Waals surface area contributed by atoms with E-state index in [1.54, 1.807) is 7.11 Å². The monoisotopic (exact) mass is 351 g/mol. The van der Waals surface area contributed by atoms with Crippen LogP contribution in [0.4, 0.5) is 0 Å². The summed E-state index contributed by atoms with van der Waals surface area (Å²) in [6.07, 6.45) is 5.15. The third-order valence-electron chi connectivity index (χ3n) is 5.32. The summed E-state index contributed by atoms with van der Waals surface area (Å²) in [6.45, 7) is 0.834. The predicted octanol–water partition coefficient (Wildman–Crippen LogP) is 4.33. The Kier molecular flexibility index (Phi) is 5.80. The van der Waals surface area contributed by atoms with Crippen molar-refractivity contribution in [3.63, 3.8) is 0 Å². The minimum absolute atomic E-state index is 0.123. The molecule has 0 spiro atoms. The van der Waals surface area contributed by atoms with Crippen molar-refractivity contribution < 1.29 is 9.84 Å². The van der Waals surface area contributed by atoms with Gasteiger partial charge in [-0.3, -0.25) is 0 Å². The van der Waals surface area contributed by atoms with Crippen LogP contribution >= 0.6 is 0 Å². The van der Waals surface area contributed by atoms with E-state index in [0.29, 0.717) is 0 Å². The summed E-state index contributed by atoms with van der Waals surface area (Å²) in [5, 5.41) is 12.1. The molecule has 1 aliphatic carbocycles. The Balaban J connectivity index is 2.14. The minimum atomic E-state index is -1.02. The van der Waals surface area contributed by atoms with Gasteiger partial charge in [-0.25, -0.2) is 0 Å². The van der Waals surface area contributed by atoms with E-state index in [0.717, 1.165) is 48.3 Å². The van der Waals surface area contributed by atoms with E-state index in [1.807, 2.05) is 42.5 Å². The fraction of sp³-hybridized carbons (Fsp3) is 0.391. The fourth-order valence-electron chi connectivity index (χ4n) is 4.15. The van der Waals surface area contributed by atoms with Crippen LogP contribution in [-0.2, 0) is 5.60 Å². The molecule has 26 heavy (non-hydrogen) atoms. The van der Waals surface area contributed by atoms with Crippen LogP contribution in [0, 0.1) is 5.92 Å². The lowest BCUT2D eigenvalue weighted by molar-refractivity contribution is -0.0190. The molecule has 2 atom stereocenters. The molecule has 138 valence electrons. The molecule has 3 nitrogen and oxygen atoms in total. The Morgan fingerprint density at radius 3 is 2.50 bits per heavy atom. The number of aliphatic hydroxyl groups is 1. The number of hydrogen-bond acceptors (Lipinski definition) is 3. The molecule has 1 aliphatic rings. The highest BCUT2D eigenvalue weighted by molar-refractivity contribution is 5.58. The summed E-state index contributed by atoms with van der Waals surface area (Å²) in [4.78, 5) is 2.16. The second kappa shape index (κ2) is 8.07. The Morgan fingerprint density at radius 2 is 1.81 bits per heavy atom. The smallest absolute Gasteiger partial charge is 0.125 e. The number of ether oxygens (including phenoxy) is 1. The topological polar surface area (TPSA) is 32.7 Å². The van der Waals surface area contributed by atoms with Gasteiger partial charge in [-0.15, -0.1) is 0 Å². The van der Waals surface area contributed by atoms with Gasteiger partial charge in [-0.1, -0.05) is 54.6 Å². The first kappa shape index (κ1) is 18.7. The molecule has 2 aromatic carbocycles. The molecule has 0 aliphatic heterocycles. The maximum absolute atomic E-state index is 12.1. The van der Waals surface area contributed by atoms with E-state index in [1.165, 1.54) is 0 Å². The SMILES string of the molecule is COc1ccccc1C1(O)/C(=C\c2ccccc2)CCCC1CN(C)C. The van der Waals surface area contributed by atoms with Crippen LogP contribution in [0.2, 0.25) is 0 Å². The molecule has 0 heterocycles. The summed E-state index contributed by atoms with van der Waals surface area (Å²) < 4.78 is 5.61. The lowest BCUT2D eigenvalue weighted by Gasteiger charge is -2.44. The molecule has 0 aromatic heterocycles. The number of rotatable bonds is 5. The first-order valence-electron chi connectivity index (χ1n) is 9.32. The molecule has 1 N–H and O–H groups in total. The van der Waals surface area contributed by atoms with Crippen molar-refractivity contribution in [1.82, 2.24) is 4.90 Å². The zero-order chi connectivity index (χ0) is 18.6. The van der Waals surface area contributed by atoms with E-state index in [4.69, 9.17) is 4.74 Å². The zero-order valence-electron chi connectivity index (χ0n) is 16.0. The summed E-state index contributed by atoms with van der Waals surface area (Å²) in [6, 6.07) is 18.2. The number of hydrogen-bond donors (Lipinski definition) is 1. The molecule has 0 bridgehead atoms. The van der Waals surface area contributed by atoms with Crippen molar-refractivity contribution >= 4 is 6.08 Å². The molecule has 2 aromatic rings. The first-order valence-corrected chi connectivity index (χ1v) is 9.32. The number of nitrogens with zero attached hydrogens (tertiary/aromatic N) is 1. The van der Waals surface area contributed by atoms with Gasteiger partial charge in [-0.2, -0.15) is 0 Å². The molecule has 0 saturated heterocycles. The average molecular weight is 351 g/mol. The molecule has 3 rings (SSSR count). The van der Waals surface area contributed by atoms with Crippen LogP contribution in [0.25, 0.3) is 6.08 Å². The summed E-state index contributed by atoms with van der Waals surface area (Å²) in [5.74, 6) is 0.872. The Bertz CT molecular complexity index is 754. The van der Waals surface area contributed by atoms with Gasteiger partial charge in [0, 0.05) is 18.0 Å². The Hall–Kier alpha value is -2.10. The van der Waals surface area contributed by atoms with E-state index >= 15 is 0 Å². The average Bonchev–Trinajstić information content (AvgIpc) is 2.65. The standard InChI is InChI=1S/C23H29NO2/c1-24(2)17-20-13-9-12-19(16-18-10-5-4-6-11-18)23(20,25)21-14-7-8-15-22(21)26-3/h4-8,10-11,14-16,20,25H,9,12-13,17H2,1-3H3/b19-16-. The van der Waals surface area contributed by atoms with Crippen molar-refractivity contribution in [2.24, 2.45) is 5.92 Å². The normalized spacial score (nSPS) is 24.8. The van der Waals surface area contributed by atoms with Gasteiger partial charge in [-0.05, 0) is 50.6 Å². The van der Waals surface area contributed by atoms with Gasteiger partial charge < -0.3 is 14.7 Å². The van der Waals surface area contributed by atoms with Crippen molar-refractivity contribution in [3.8, 4) is 5.75 Å². The highest BCUT2D eigenvalue weighted by Crippen LogP contribution is 2.49. The quantitative estimate of drug-likeness (QED) is 0.870. The van der Waals surface area contributed by atoms with Crippen LogP contribution in [0.1, 0.15) is 30.4 Å². The van der Waals surface area contributed by atoms with Gasteiger partial charge in [0.05, 0.1) is 7.11 Å². The summed E-state index contributed by atoms with van der Waals surface area (Å²) >= 11 is 0. The third kappa shape index (κ3) is 3.69. The maximum atomic E-state index is 12.1. The molecule has 2 unspecified atom stereocenters. The first-order chi connectivity index (χ1) is 12.6. The lowest BCUT2D eigenvalue weighted by atomic mass is 9.67. The zero-order valence-corrected chi connectivity index (χ0v) is 16.0. The highest BCUT2D eigenvalue weighted by atomic mass is 16.5. The molecule has 1 fully saturated rings. The van der Waals surface area contributed by atoms with Crippen LogP contribution in [0.3, 0.4) is 0 Å². The van der Waals surface area contributed by atoms with Crippen molar-refractivity contribution in [2.45, 2.75) is 24.9 Å². The van der Waals surface area contributed by atoms with Crippen LogP contribution in [0.5, 0.6) is 5.75 Å². The number of benzene rings is 2. The predicted molar refractivity (Wildman–Crippen MR) is 107 cm³/mol. The molecule has 1 saturated carbocycles.